The van der Waals surface area contributed by atoms with Crippen LogP contribution in [0.5, 0.6) is 0 Å². The number of aliphatic hydroxyl groups excluding tert-OH is 1. The minimum atomic E-state index is -1.01. The molecule has 1 aromatic carbocycles. The van der Waals surface area contributed by atoms with E-state index < -0.39 is 6.09 Å². The van der Waals surface area contributed by atoms with Crippen molar-refractivity contribution in [2.45, 2.75) is 12.5 Å². The lowest BCUT2D eigenvalue weighted by molar-refractivity contribution is 0.192. The van der Waals surface area contributed by atoms with Gasteiger partial charge in [-0.15, -0.1) is 0 Å². The number of nitrogens with zero attached hydrogens (tertiary/aromatic N) is 1. The minimum absolute atomic E-state index is 0.138. The van der Waals surface area contributed by atoms with Crippen LogP contribution in [0.1, 0.15) is 5.56 Å². The number of amides is 1. The molecular formula is C10H11NO3. The van der Waals surface area contributed by atoms with Gasteiger partial charge in [0.2, 0.25) is 0 Å². The van der Waals surface area contributed by atoms with Gasteiger partial charge in [-0.05, 0) is 18.1 Å². The van der Waals surface area contributed by atoms with Crippen LogP contribution in [0.3, 0.4) is 0 Å². The van der Waals surface area contributed by atoms with Crippen molar-refractivity contribution in [2.75, 3.05) is 11.5 Å². The Bertz CT molecular complexity index is 364. The number of aliphatic hydroxyl groups is 1. The average Bonchev–Trinajstić information content (AvgIpc) is 2.55. The molecule has 0 fully saturated rings. The van der Waals surface area contributed by atoms with Crippen molar-refractivity contribution in [3.63, 3.8) is 0 Å². The summed E-state index contributed by atoms with van der Waals surface area (Å²) in [6.07, 6.45) is -0.409. The lowest BCUT2D eigenvalue weighted by Gasteiger charge is -2.19. The van der Waals surface area contributed by atoms with Crippen molar-refractivity contribution in [1.29, 1.82) is 0 Å². The molecule has 1 aliphatic rings. The summed E-state index contributed by atoms with van der Waals surface area (Å²) >= 11 is 0. The Labute approximate surface area is 81.4 Å². The number of carboxylic acid groups (broad SMARTS) is 1. The minimum Gasteiger partial charge on any atom is -0.465 e. The average molecular weight is 193 g/mol. The lowest BCUT2D eigenvalue weighted by Crippen LogP contribution is -2.38. The van der Waals surface area contributed by atoms with Gasteiger partial charge in [0.05, 0.1) is 18.3 Å². The van der Waals surface area contributed by atoms with E-state index in [1.165, 1.54) is 4.90 Å². The molecule has 0 bridgehead atoms. The van der Waals surface area contributed by atoms with Crippen molar-refractivity contribution in [1.82, 2.24) is 0 Å². The molecule has 0 saturated heterocycles. The van der Waals surface area contributed by atoms with Crippen molar-refractivity contribution < 1.29 is 15.0 Å². The SMILES string of the molecule is O=C(O)N1c2ccccc2CC1CO. The van der Waals surface area contributed by atoms with Crippen LogP contribution >= 0.6 is 0 Å². The third-order valence-corrected chi connectivity index (χ3v) is 2.49. The maximum atomic E-state index is 10.9. The largest absolute Gasteiger partial charge is 0.465 e. The molecule has 2 rings (SSSR count). The summed E-state index contributed by atoms with van der Waals surface area (Å²) in [6, 6.07) is 7.00. The van der Waals surface area contributed by atoms with Crippen LogP contribution < -0.4 is 4.90 Å². The van der Waals surface area contributed by atoms with Crippen LogP contribution in [-0.2, 0) is 6.42 Å². The fourth-order valence-corrected chi connectivity index (χ4v) is 1.87. The first kappa shape index (κ1) is 9.02. The van der Waals surface area contributed by atoms with Crippen LogP contribution in [0.25, 0.3) is 0 Å². The number of benzene rings is 1. The molecule has 1 atom stereocenters. The Morgan fingerprint density at radius 1 is 1.50 bits per heavy atom. The second-order valence-electron chi connectivity index (χ2n) is 3.32. The van der Waals surface area contributed by atoms with Crippen LogP contribution in [0.2, 0.25) is 0 Å². The number of rotatable bonds is 1. The number of hydrogen-bond donors (Lipinski definition) is 2. The van der Waals surface area contributed by atoms with E-state index in [4.69, 9.17) is 10.2 Å². The predicted octanol–water partition coefficient (Wildman–Crippen LogP) is 1.09. The molecule has 74 valence electrons. The molecule has 0 spiro atoms. The smallest absolute Gasteiger partial charge is 0.412 e. The molecule has 0 aliphatic carbocycles. The Morgan fingerprint density at radius 2 is 2.21 bits per heavy atom. The molecule has 0 radical (unpaired) electrons. The standard InChI is InChI=1S/C10H11NO3/c12-6-8-5-7-3-1-2-4-9(7)11(8)10(13)14/h1-4,8,12H,5-6H2,(H,13,14). The summed E-state index contributed by atoms with van der Waals surface area (Å²) in [5, 5.41) is 18.0. The van der Waals surface area contributed by atoms with Gasteiger partial charge >= 0.3 is 6.09 Å². The van der Waals surface area contributed by atoms with Gasteiger partial charge in [-0.1, -0.05) is 18.2 Å². The highest BCUT2D eigenvalue weighted by molar-refractivity contribution is 5.89. The Balaban J connectivity index is 2.42. The molecule has 1 aromatic rings. The van der Waals surface area contributed by atoms with E-state index in [9.17, 15) is 4.79 Å². The molecule has 1 aliphatic heterocycles. The fourth-order valence-electron chi connectivity index (χ4n) is 1.87. The van der Waals surface area contributed by atoms with Gasteiger partial charge in [0.1, 0.15) is 0 Å². The van der Waals surface area contributed by atoms with Crippen LogP contribution in [-0.4, -0.2) is 29.0 Å². The summed E-state index contributed by atoms with van der Waals surface area (Å²) in [5.74, 6) is 0. The highest BCUT2D eigenvalue weighted by Crippen LogP contribution is 2.31. The highest BCUT2D eigenvalue weighted by atomic mass is 16.4. The first-order chi connectivity index (χ1) is 6.74. The van der Waals surface area contributed by atoms with E-state index >= 15 is 0 Å². The maximum Gasteiger partial charge on any atom is 0.412 e. The van der Waals surface area contributed by atoms with Crippen LogP contribution in [0.15, 0.2) is 24.3 Å². The molecule has 0 aromatic heterocycles. The molecule has 1 unspecified atom stereocenters. The molecule has 1 heterocycles. The Morgan fingerprint density at radius 3 is 2.86 bits per heavy atom. The van der Waals surface area contributed by atoms with E-state index in [2.05, 4.69) is 0 Å². The first-order valence-electron chi connectivity index (χ1n) is 4.45. The van der Waals surface area contributed by atoms with Gasteiger partial charge in [0, 0.05) is 0 Å². The lowest BCUT2D eigenvalue weighted by atomic mass is 10.1. The topological polar surface area (TPSA) is 60.8 Å². The van der Waals surface area contributed by atoms with Gasteiger partial charge in [-0.3, -0.25) is 4.90 Å². The molecule has 0 saturated carbocycles. The van der Waals surface area contributed by atoms with Gasteiger partial charge in [-0.2, -0.15) is 0 Å². The van der Waals surface area contributed by atoms with Gasteiger partial charge in [-0.25, -0.2) is 4.79 Å². The summed E-state index contributed by atoms with van der Waals surface area (Å²) in [4.78, 5) is 12.2. The van der Waals surface area contributed by atoms with Crippen LogP contribution in [0.4, 0.5) is 10.5 Å². The van der Waals surface area contributed by atoms with E-state index in [-0.39, 0.29) is 12.6 Å². The quantitative estimate of drug-likeness (QED) is 0.701. The highest BCUT2D eigenvalue weighted by Gasteiger charge is 2.32. The third-order valence-electron chi connectivity index (χ3n) is 2.49. The molecular weight excluding hydrogens is 182 g/mol. The zero-order valence-electron chi connectivity index (χ0n) is 7.55. The van der Waals surface area contributed by atoms with E-state index in [1.54, 1.807) is 12.1 Å². The van der Waals surface area contributed by atoms with Crippen LogP contribution in [0, 0.1) is 0 Å². The van der Waals surface area contributed by atoms with Crippen molar-refractivity contribution >= 4 is 11.8 Å². The molecule has 4 heteroatoms. The number of anilines is 1. The summed E-state index contributed by atoms with van der Waals surface area (Å²) in [7, 11) is 0. The summed E-state index contributed by atoms with van der Waals surface area (Å²) in [6.45, 7) is -0.138. The fraction of sp³-hybridized carbons (Fsp3) is 0.300. The normalized spacial score (nSPS) is 19.5. The van der Waals surface area contributed by atoms with Crippen molar-refractivity contribution in [3.8, 4) is 0 Å². The first-order valence-corrected chi connectivity index (χ1v) is 4.45. The van der Waals surface area contributed by atoms with E-state index in [0.717, 1.165) is 5.56 Å². The number of carbonyl (C=O) groups is 1. The zero-order chi connectivity index (χ0) is 10.1. The van der Waals surface area contributed by atoms with E-state index in [0.29, 0.717) is 12.1 Å². The monoisotopic (exact) mass is 193 g/mol. The number of para-hydroxylation sites is 1. The third kappa shape index (κ3) is 1.24. The molecule has 4 nitrogen and oxygen atoms in total. The second-order valence-corrected chi connectivity index (χ2v) is 3.32. The van der Waals surface area contributed by atoms with Gasteiger partial charge < -0.3 is 10.2 Å². The van der Waals surface area contributed by atoms with Gasteiger partial charge in [0.25, 0.3) is 0 Å². The zero-order valence-corrected chi connectivity index (χ0v) is 7.55. The summed E-state index contributed by atoms with van der Waals surface area (Å²) < 4.78 is 0. The predicted molar refractivity (Wildman–Crippen MR) is 51.5 cm³/mol. The number of fused-ring (bicyclic) bond motifs is 1. The molecule has 2 N–H and O–H groups in total. The van der Waals surface area contributed by atoms with Crippen molar-refractivity contribution in [2.24, 2.45) is 0 Å². The van der Waals surface area contributed by atoms with E-state index in [1.807, 2.05) is 12.1 Å². The second kappa shape index (κ2) is 3.31. The molecule has 14 heavy (non-hydrogen) atoms. The molecule has 1 amide bonds. The van der Waals surface area contributed by atoms with Gasteiger partial charge in [0.15, 0.2) is 0 Å². The van der Waals surface area contributed by atoms with Crippen molar-refractivity contribution in [3.05, 3.63) is 29.8 Å². The maximum absolute atomic E-state index is 10.9. The Kier molecular flexibility index (Phi) is 2.13. The number of hydrogen-bond acceptors (Lipinski definition) is 2. The summed E-state index contributed by atoms with van der Waals surface area (Å²) in [5.41, 5.74) is 1.67. The Hall–Kier alpha value is -1.55.